The third-order valence-corrected chi connectivity index (χ3v) is 16.0. The number of carbonyl (C=O) groups excluding carboxylic acids is 3. The number of aliphatic hydroxyl groups excluding tert-OH is 11. The Labute approximate surface area is 593 Å². The third kappa shape index (κ3) is 26.3. The van der Waals surface area contributed by atoms with Crippen LogP contribution in [0.15, 0.2) is 0 Å². The summed E-state index contributed by atoms with van der Waals surface area (Å²) in [5, 5.41) is 126. The van der Waals surface area contributed by atoms with Gasteiger partial charge >= 0.3 is 105 Å². The molecule has 7 aliphatic rings. The number of amides is 3. The quantitative estimate of drug-likeness (QED) is 0.0556. The van der Waals surface area contributed by atoms with Gasteiger partial charge in [-0.2, -0.15) is 0 Å². The summed E-state index contributed by atoms with van der Waals surface area (Å²) in [4.78, 5) is 37.6. The van der Waals surface area contributed by atoms with Gasteiger partial charge in [0.05, 0.1) is 76.2 Å². The van der Waals surface area contributed by atoms with E-state index in [4.69, 9.17) is 146 Å². The van der Waals surface area contributed by atoms with E-state index in [0.717, 1.165) is 6.92 Å². The maximum atomic E-state index is 13.2. The zero-order chi connectivity index (χ0) is 71.3. The number of methoxy groups -OCH3 is 4. The van der Waals surface area contributed by atoms with Crippen molar-refractivity contribution in [2.24, 2.45) is 11.7 Å². The monoisotopic (exact) mass is 1760 g/mol. The van der Waals surface area contributed by atoms with E-state index in [2.05, 4.69) is 21.3 Å². The number of carbonyl (C=O) groups is 3. The second-order valence-corrected chi connectivity index (χ2v) is 28.9. The fraction of sp³-hybridized carbons (Fsp3) is 0.941. The molecule has 7 fully saturated rings. The Kier molecular flexibility index (Phi) is 46.6. The zero-order valence-corrected chi connectivity index (χ0v) is 61.2. The number of rotatable bonds is 20. The van der Waals surface area contributed by atoms with Crippen molar-refractivity contribution >= 4 is 74.9 Å². The van der Waals surface area contributed by atoms with E-state index in [0.29, 0.717) is 19.4 Å². The predicted molar refractivity (Wildman–Crippen MR) is 322 cm³/mol. The van der Waals surface area contributed by atoms with Gasteiger partial charge in [0.1, 0.15) is 104 Å². The minimum absolute atomic E-state index is 0.106. The Balaban J connectivity index is 0.000000714. The van der Waals surface area contributed by atoms with E-state index in [-0.39, 0.29) is 73.7 Å². The molecule has 0 aromatic carbocycles. The molecule has 43 heteroatoms. The van der Waals surface area contributed by atoms with Crippen LogP contribution in [0.25, 0.3) is 22.1 Å². The summed E-state index contributed by atoms with van der Waals surface area (Å²) in [5.74, 6) is -2.24. The van der Waals surface area contributed by atoms with Crippen molar-refractivity contribution in [3.8, 4) is 0 Å². The van der Waals surface area contributed by atoms with Crippen molar-refractivity contribution in [2.45, 2.75) is 218 Å². The van der Waals surface area contributed by atoms with Crippen molar-refractivity contribution < 1.29 is 180 Å². The summed E-state index contributed by atoms with van der Waals surface area (Å²) >= 11 is -0.317. The van der Waals surface area contributed by atoms with E-state index in [1.54, 1.807) is 13.8 Å². The number of ether oxygens (including phenoxy) is 13. The number of hydrogen-bond donors (Lipinski definition) is 14. The Morgan fingerprint density at radius 3 is 1.39 bits per heavy atom. The third-order valence-electron chi connectivity index (χ3n) is 16.0. The summed E-state index contributed by atoms with van der Waals surface area (Å²) in [7, 11) is 34.4. The van der Waals surface area contributed by atoms with Gasteiger partial charge in [-0.1, -0.05) is 37.9 Å². The Hall–Kier alpha value is 1.02. The van der Waals surface area contributed by atoms with Gasteiger partial charge in [0, 0.05) is 60.7 Å². The van der Waals surface area contributed by atoms with Gasteiger partial charge in [0.15, 0.2) is 12.6 Å². The van der Waals surface area contributed by atoms with Crippen molar-refractivity contribution in [3.63, 3.8) is 0 Å². The average Bonchev–Trinajstić information content (AvgIpc) is 0.783. The first-order chi connectivity index (χ1) is 44.7. The molecular formula is C51H91Cl6N7O27Pd3-4. The van der Waals surface area contributed by atoms with E-state index < -0.39 is 221 Å². The molecule has 3 amide bonds. The molecule has 7 rings (SSSR count). The van der Waals surface area contributed by atoms with E-state index in [1.807, 2.05) is 0 Å². The average molecular weight is 1770 g/mol. The van der Waals surface area contributed by atoms with Crippen LogP contribution < -0.4 is 16.4 Å². The molecule has 7 heterocycles. The topological polar surface area (TPSA) is 520 Å². The molecule has 0 saturated carbocycles. The van der Waals surface area contributed by atoms with Crippen LogP contribution in [0.2, 0.25) is 0 Å². The fourth-order valence-corrected chi connectivity index (χ4v) is 11.2. The molecular weight excluding hydrogens is 1670 g/mol. The Morgan fingerprint density at radius 2 is 0.957 bits per heavy atom. The first-order valence-electron chi connectivity index (χ1n) is 28.8. The van der Waals surface area contributed by atoms with Gasteiger partial charge in [0.2, 0.25) is 11.8 Å². The SMILES string of the molecule is COC1C(CO)OC(C)C(N)C1O.COC1C(CO)OCC([NH-])C1O.COC1OC(CO)C(OC2OC(CO)C(OC3OC(CO)C(OC4OC(CO)C(C)C(OC)C4[N-]C(=O)C4CCC[N-]4)C(O)C3NC(C)=O)C(O)C2[NH-])C(O)C1NC(C)=O.[Cl][Pd][Cl].[Cl][Pd][Cl].[Cl][Pd][Cl]. The number of hydrogen-bond acceptors (Lipinski definition) is 28. The van der Waals surface area contributed by atoms with E-state index >= 15 is 0 Å². The molecule has 0 radical (unpaired) electrons. The molecule has 0 spiro atoms. The van der Waals surface area contributed by atoms with Crippen molar-refractivity contribution in [1.29, 1.82) is 0 Å². The van der Waals surface area contributed by atoms with Crippen LogP contribution in [-0.2, 0) is 124 Å². The number of nitrogens with two attached hydrogens (primary N) is 1. The predicted octanol–water partition coefficient (Wildman–Crippen LogP) is -2.60. The minimum atomic E-state index is -1.85. The van der Waals surface area contributed by atoms with Gasteiger partial charge in [-0.15, -0.1) is 6.54 Å². The first kappa shape index (κ1) is 91.1. The summed E-state index contributed by atoms with van der Waals surface area (Å²) in [6, 6.07) is -7.38. The van der Waals surface area contributed by atoms with Crippen molar-refractivity contribution in [1.82, 2.24) is 10.6 Å². The standard InChI is InChI=1S/C36H61N5O19.C8H17NO4.C7H14NO4.6ClH.3Pd/c1-13-17(9-42)54-36(24(28(13)52-4)41-32(51)16-7-6-8-38-16)60-31-20(12-45)57-35(23(27(31)50)40-15(3)47)59-29-18(10-43)55-33(21(37)25(29)48)58-30-19(11-44)56-34(53-5)22(26(30)49)39-14(2)46;1-4-6(9)7(11)8(12-2)5(3-10)13-4;1-11-7-5(2-9)12-3-4(8)6(7)10;;;;;;;;;/h13,16-31,33-37,42-45,48-50H,6-12H2,1-5H3,(H3,39,40,41,46,47,51);4-8,10-11H,3,9H2,1-2H3;4-10H,2-3H2,1H3;6*1H;;;/q-2;;-1;;;;;;;3*+2/p-7. The van der Waals surface area contributed by atoms with E-state index in [9.17, 15) is 60.3 Å². The maximum absolute atomic E-state index is 13.2. The van der Waals surface area contributed by atoms with Crippen LogP contribution in [0.4, 0.5) is 0 Å². The summed E-state index contributed by atoms with van der Waals surface area (Å²) < 4.78 is 73.2. The summed E-state index contributed by atoms with van der Waals surface area (Å²) in [6.45, 7) is 3.28. The molecule has 0 bridgehead atoms. The molecule has 7 saturated heterocycles. The van der Waals surface area contributed by atoms with Crippen LogP contribution >= 0.6 is 57.2 Å². The molecule has 0 aliphatic carbocycles. The molecule has 7 aliphatic heterocycles. The number of halogens is 6. The van der Waals surface area contributed by atoms with Crippen LogP contribution in [0, 0.1) is 5.92 Å². The Morgan fingerprint density at radius 1 is 0.553 bits per heavy atom. The van der Waals surface area contributed by atoms with Crippen LogP contribution in [-0.4, -0.2) is 332 Å². The second-order valence-electron chi connectivity index (χ2n) is 21.8. The second kappa shape index (κ2) is 48.1. The van der Waals surface area contributed by atoms with Gasteiger partial charge in [-0.05, 0) is 13.0 Å². The van der Waals surface area contributed by atoms with Gasteiger partial charge in [-0.25, -0.2) is 0 Å². The first-order valence-corrected chi connectivity index (χ1v) is 40.8. The summed E-state index contributed by atoms with van der Waals surface area (Å²) in [5.41, 5.74) is 21.8. The van der Waals surface area contributed by atoms with Gasteiger partial charge in [-0.3, -0.25) is 9.59 Å². The number of nitrogens with one attached hydrogen (secondary N) is 4. The van der Waals surface area contributed by atoms with Gasteiger partial charge < -0.3 is 161 Å². The molecule has 30 unspecified atom stereocenters. The molecule has 94 heavy (non-hydrogen) atoms. The molecule has 17 N–H and O–H groups in total. The molecule has 34 nitrogen and oxygen atoms in total. The number of nitrogens with zero attached hydrogens (tertiary/aromatic N) is 2. The fourth-order valence-electron chi connectivity index (χ4n) is 11.2. The molecule has 568 valence electrons. The van der Waals surface area contributed by atoms with Crippen molar-refractivity contribution in [2.75, 3.05) is 81.2 Å². The van der Waals surface area contributed by atoms with Crippen LogP contribution in [0.5, 0.6) is 0 Å². The van der Waals surface area contributed by atoms with Crippen LogP contribution in [0.3, 0.4) is 0 Å². The Bertz CT molecular complexity index is 2090. The molecule has 0 aromatic heterocycles. The normalized spacial score (nSPS) is 41.2. The van der Waals surface area contributed by atoms with E-state index in [1.165, 1.54) is 35.4 Å². The number of aliphatic hydroxyl groups is 11. The van der Waals surface area contributed by atoms with Gasteiger partial charge in [0.25, 0.3) is 0 Å². The summed E-state index contributed by atoms with van der Waals surface area (Å²) in [6.07, 6.45) is -24.5. The van der Waals surface area contributed by atoms with Crippen molar-refractivity contribution in [3.05, 3.63) is 22.1 Å². The molecule has 0 aromatic rings. The zero-order valence-electron chi connectivity index (χ0n) is 52.0. The molecule has 30 atom stereocenters. The van der Waals surface area contributed by atoms with Crippen LogP contribution in [0.1, 0.15) is 40.5 Å².